The molecule has 23 heavy (non-hydrogen) atoms. The van der Waals surface area contributed by atoms with E-state index in [4.69, 9.17) is 0 Å². The second kappa shape index (κ2) is 8.20. The van der Waals surface area contributed by atoms with Gasteiger partial charge in [-0.05, 0) is 26.1 Å². The average Bonchev–Trinajstić information content (AvgIpc) is 2.70. The van der Waals surface area contributed by atoms with Gasteiger partial charge in [-0.3, -0.25) is 14.5 Å². The van der Waals surface area contributed by atoms with Crippen LogP contribution >= 0.6 is 11.8 Å². The number of carbonyl (C=O) groups is 2. The number of piperazine rings is 1. The van der Waals surface area contributed by atoms with Crippen molar-refractivity contribution in [2.45, 2.75) is 31.2 Å². The number of carbonyl (C=O) groups excluding carboxylic acids is 2. The summed E-state index contributed by atoms with van der Waals surface area (Å²) in [6.07, 6.45) is 6.76. The molecule has 2 rings (SSSR count). The summed E-state index contributed by atoms with van der Waals surface area (Å²) in [4.78, 5) is 31.0. The van der Waals surface area contributed by atoms with Gasteiger partial charge in [-0.15, -0.1) is 6.58 Å². The lowest BCUT2D eigenvalue weighted by Gasteiger charge is -2.49. The summed E-state index contributed by atoms with van der Waals surface area (Å²) in [5, 5.41) is 0. The Bertz CT molecular complexity index is 457. The van der Waals surface area contributed by atoms with Crippen LogP contribution in [0, 0.1) is 0 Å². The zero-order valence-corrected chi connectivity index (χ0v) is 15.2. The lowest BCUT2D eigenvalue weighted by atomic mass is 9.86. The normalized spacial score (nSPS) is 26.4. The van der Waals surface area contributed by atoms with Crippen LogP contribution in [0.1, 0.15) is 25.7 Å². The van der Waals surface area contributed by atoms with E-state index in [2.05, 4.69) is 18.5 Å². The van der Waals surface area contributed by atoms with Gasteiger partial charge in [0, 0.05) is 56.9 Å². The third-order valence-electron chi connectivity index (χ3n) is 5.23. The van der Waals surface area contributed by atoms with Crippen LogP contribution in [0.3, 0.4) is 0 Å². The Morgan fingerprint density at radius 3 is 2.83 bits per heavy atom. The van der Waals surface area contributed by atoms with Gasteiger partial charge in [0.15, 0.2) is 0 Å². The van der Waals surface area contributed by atoms with Gasteiger partial charge in [0.25, 0.3) is 0 Å². The van der Waals surface area contributed by atoms with Crippen molar-refractivity contribution >= 4 is 23.6 Å². The molecule has 6 heteroatoms. The Balaban J connectivity index is 2.07. The van der Waals surface area contributed by atoms with Crippen LogP contribution in [0.4, 0.5) is 0 Å². The molecule has 0 aromatic carbocycles. The Morgan fingerprint density at radius 1 is 1.35 bits per heavy atom. The molecule has 0 bridgehead atoms. The molecule has 2 saturated heterocycles. The van der Waals surface area contributed by atoms with Crippen LogP contribution in [0.15, 0.2) is 12.7 Å². The topological polar surface area (TPSA) is 43.9 Å². The van der Waals surface area contributed by atoms with Crippen LogP contribution in [0.5, 0.6) is 0 Å². The highest BCUT2D eigenvalue weighted by Gasteiger charge is 2.43. The molecule has 5 nitrogen and oxygen atoms in total. The number of rotatable bonds is 5. The van der Waals surface area contributed by atoms with Crippen molar-refractivity contribution in [1.29, 1.82) is 0 Å². The van der Waals surface area contributed by atoms with Crippen LogP contribution in [0.25, 0.3) is 0 Å². The number of likely N-dealkylation sites (tertiary alicyclic amines) is 1. The fourth-order valence-corrected chi connectivity index (χ4v) is 3.98. The quantitative estimate of drug-likeness (QED) is 0.711. The highest BCUT2D eigenvalue weighted by atomic mass is 32.2. The number of amides is 2. The lowest BCUT2D eigenvalue weighted by Crippen LogP contribution is -2.62. The molecule has 0 aromatic rings. The zero-order chi connectivity index (χ0) is 16.9. The Morgan fingerprint density at radius 2 is 2.13 bits per heavy atom. The van der Waals surface area contributed by atoms with Crippen LogP contribution < -0.4 is 0 Å². The van der Waals surface area contributed by atoms with E-state index < -0.39 is 0 Å². The molecular formula is C17H29N3O2S. The minimum Gasteiger partial charge on any atom is -0.340 e. The van der Waals surface area contributed by atoms with E-state index in [0.29, 0.717) is 19.4 Å². The predicted octanol–water partition coefficient (Wildman–Crippen LogP) is 1.45. The van der Waals surface area contributed by atoms with E-state index in [0.717, 1.165) is 44.8 Å². The van der Waals surface area contributed by atoms with Gasteiger partial charge in [0.2, 0.25) is 11.8 Å². The molecule has 2 aliphatic rings. The van der Waals surface area contributed by atoms with Gasteiger partial charge in [-0.2, -0.15) is 11.8 Å². The first-order chi connectivity index (χ1) is 11.0. The number of thioether (sulfide) groups is 1. The van der Waals surface area contributed by atoms with E-state index >= 15 is 0 Å². The molecule has 2 aliphatic heterocycles. The lowest BCUT2D eigenvalue weighted by molar-refractivity contribution is -0.136. The summed E-state index contributed by atoms with van der Waals surface area (Å²) in [7, 11) is 2.14. The molecule has 0 unspecified atom stereocenters. The minimum absolute atomic E-state index is 0.0567. The molecule has 1 atom stereocenters. The van der Waals surface area contributed by atoms with E-state index in [-0.39, 0.29) is 17.4 Å². The molecule has 0 aromatic heterocycles. The smallest absolute Gasteiger partial charge is 0.223 e. The molecule has 0 radical (unpaired) electrons. The molecule has 2 fully saturated rings. The van der Waals surface area contributed by atoms with Gasteiger partial charge < -0.3 is 9.80 Å². The fourth-order valence-electron chi connectivity index (χ4n) is 3.60. The van der Waals surface area contributed by atoms with Crippen molar-refractivity contribution in [1.82, 2.24) is 14.7 Å². The molecule has 0 aliphatic carbocycles. The summed E-state index contributed by atoms with van der Waals surface area (Å²) in [5.74, 6) is 1.34. The molecule has 1 spiro atoms. The first-order valence-corrected chi connectivity index (χ1v) is 9.78. The predicted molar refractivity (Wildman–Crippen MR) is 95.6 cm³/mol. The summed E-state index contributed by atoms with van der Waals surface area (Å²) >= 11 is 1.71. The third kappa shape index (κ3) is 4.29. The molecule has 0 saturated carbocycles. The van der Waals surface area contributed by atoms with Crippen molar-refractivity contribution < 1.29 is 9.59 Å². The number of hydrogen-bond acceptors (Lipinski definition) is 4. The maximum atomic E-state index is 12.4. The maximum Gasteiger partial charge on any atom is 0.223 e. The summed E-state index contributed by atoms with van der Waals surface area (Å²) in [5.41, 5.74) is -0.0567. The Kier molecular flexibility index (Phi) is 6.53. The molecule has 130 valence electrons. The second-order valence-electron chi connectivity index (χ2n) is 6.58. The van der Waals surface area contributed by atoms with Crippen LogP contribution in [-0.2, 0) is 9.59 Å². The Labute approximate surface area is 144 Å². The third-order valence-corrected chi connectivity index (χ3v) is 5.84. The van der Waals surface area contributed by atoms with E-state index in [1.165, 1.54) is 0 Å². The summed E-state index contributed by atoms with van der Waals surface area (Å²) in [6, 6.07) is 0. The van der Waals surface area contributed by atoms with Crippen molar-refractivity contribution in [2.75, 3.05) is 51.8 Å². The fraction of sp³-hybridized carbons (Fsp3) is 0.765. The standard InChI is InChI=1S/C17H29N3O2S/c1-4-9-19-10-8-17(7-5-15(19)21)14-20(12-11-18(17)2)16(22)6-13-23-3/h4H,1,5-14H2,2-3H3/t17-/m1/s1. The molecule has 2 heterocycles. The monoisotopic (exact) mass is 339 g/mol. The number of hydrogen-bond donors (Lipinski definition) is 0. The largest absolute Gasteiger partial charge is 0.340 e. The van der Waals surface area contributed by atoms with E-state index in [9.17, 15) is 9.59 Å². The van der Waals surface area contributed by atoms with Crippen LogP contribution in [-0.4, -0.2) is 83.8 Å². The van der Waals surface area contributed by atoms with Gasteiger partial charge in [0.1, 0.15) is 0 Å². The van der Waals surface area contributed by atoms with Crippen molar-refractivity contribution in [3.8, 4) is 0 Å². The van der Waals surface area contributed by atoms with Crippen LogP contribution in [0.2, 0.25) is 0 Å². The zero-order valence-electron chi connectivity index (χ0n) is 14.4. The number of nitrogens with zero attached hydrogens (tertiary/aromatic N) is 3. The van der Waals surface area contributed by atoms with E-state index in [1.807, 2.05) is 16.1 Å². The summed E-state index contributed by atoms with van der Waals surface area (Å²) in [6.45, 7) is 7.56. The van der Waals surface area contributed by atoms with Crippen molar-refractivity contribution in [3.63, 3.8) is 0 Å². The molecule has 0 N–H and O–H groups in total. The minimum atomic E-state index is -0.0567. The van der Waals surface area contributed by atoms with Crippen molar-refractivity contribution in [3.05, 3.63) is 12.7 Å². The SMILES string of the molecule is C=CCN1CC[C@]2(CCC1=O)CN(C(=O)CCSC)CCN2C. The summed E-state index contributed by atoms with van der Waals surface area (Å²) < 4.78 is 0. The average molecular weight is 340 g/mol. The van der Waals surface area contributed by atoms with Crippen molar-refractivity contribution in [2.24, 2.45) is 0 Å². The second-order valence-corrected chi connectivity index (χ2v) is 7.57. The van der Waals surface area contributed by atoms with Gasteiger partial charge in [-0.25, -0.2) is 0 Å². The highest BCUT2D eigenvalue weighted by molar-refractivity contribution is 7.98. The number of likely N-dealkylation sites (N-methyl/N-ethyl adjacent to an activating group) is 1. The first kappa shape index (κ1) is 18.3. The van der Waals surface area contributed by atoms with Gasteiger partial charge in [0.05, 0.1) is 0 Å². The van der Waals surface area contributed by atoms with Gasteiger partial charge >= 0.3 is 0 Å². The highest BCUT2D eigenvalue weighted by Crippen LogP contribution is 2.32. The van der Waals surface area contributed by atoms with Gasteiger partial charge in [-0.1, -0.05) is 6.08 Å². The Hall–Kier alpha value is -1.01. The molecular weight excluding hydrogens is 310 g/mol. The molecule has 2 amide bonds. The maximum absolute atomic E-state index is 12.4. The van der Waals surface area contributed by atoms with E-state index in [1.54, 1.807) is 17.8 Å². The first-order valence-electron chi connectivity index (χ1n) is 8.39.